The Kier molecular flexibility index (Phi) is 12.8. The van der Waals surface area contributed by atoms with Gasteiger partial charge in [-0.25, -0.2) is 15.0 Å². The number of hydrogen-bond acceptors (Lipinski definition) is 3. The molecule has 0 atom stereocenters. The van der Waals surface area contributed by atoms with E-state index in [2.05, 4.69) is 281 Å². The van der Waals surface area contributed by atoms with Crippen molar-refractivity contribution in [3.8, 4) is 101 Å². The second-order valence-corrected chi connectivity index (χ2v) is 22.3. The normalized spacial score (nSPS) is 12.0. The zero-order chi connectivity index (χ0) is 50.2. The molecule has 72 heavy (non-hydrogen) atoms. The molecule has 354 valence electrons. The SMILES string of the molecule is CC(C)(C)c1ccc(-c2ccc(-c3ccc(-c4nc(-c5ccc(-c6ccc(-c7ccc(C(C)(C)C)cc7)cc6)cc5)nc(-c5ccc(-c6ccc(-c7ccc(C(C)(C)C)cc7)cc6)cc5)n4)cc3)cc2)cc1. The van der Waals surface area contributed by atoms with Gasteiger partial charge in [-0.1, -0.05) is 281 Å². The average molecular weight is 934 g/mol. The molecule has 0 amide bonds. The second-order valence-electron chi connectivity index (χ2n) is 22.3. The quantitative estimate of drug-likeness (QED) is 0.145. The summed E-state index contributed by atoms with van der Waals surface area (Å²) < 4.78 is 0. The van der Waals surface area contributed by atoms with E-state index in [0.29, 0.717) is 17.5 Å². The summed E-state index contributed by atoms with van der Waals surface area (Å²) in [7, 11) is 0. The summed E-state index contributed by atoms with van der Waals surface area (Å²) in [6.07, 6.45) is 0. The van der Waals surface area contributed by atoms with Crippen LogP contribution in [-0.4, -0.2) is 15.0 Å². The van der Waals surface area contributed by atoms with E-state index in [1.165, 1.54) is 50.1 Å². The van der Waals surface area contributed by atoms with E-state index in [0.717, 1.165) is 50.1 Å². The van der Waals surface area contributed by atoms with E-state index in [1.54, 1.807) is 0 Å². The van der Waals surface area contributed by atoms with Crippen LogP contribution in [-0.2, 0) is 16.2 Å². The molecular weight excluding hydrogens is 871 g/mol. The van der Waals surface area contributed by atoms with Crippen LogP contribution in [0.15, 0.2) is 218 Å². The number of benzene rings is 9. The smallest absolute Gasteiger partial charge is 0.164 e. The van der Waals surface area contributed by atoms with Gasteiger partial charge in [0.2, 0.25) is 0 Å². The van der Waals surface area contributed by atoms with Crippen molar-refractivity contribution in [3.63, 3.8) is 0 Å². The van der Waals surface area contributed by atoms with Crippen LogP contribution in [0, 0.1) is 0 Å². The molecule has 0 fully saturated rings. The summed E-state index contributed by atoms with van der Waals surface area (Å²) >= 11 is 0. The Balaban J connectivity index is 0.927. The highest BCUT2D eigenvalue weighted by atomic mass is 15.0. The van der Waals surface area contributed by atoms with Crippen LogP contribution in [0.25, 0.3) is 101 Å². The minimum atomic E-state index is 0.125. The van der Waals surface area contributed by atoms with Crippen LogP contribution in [0.2, 0.25) is 0 Å². The summed E-state index contributed by atoms with van der Waals surface area (Å²) in [6.45, 7) is 20.3. The van der Waals surface area contributed by atoms with Gasteiger partial charge in [0.25, 0.3) is 0 Å². The van der Waals surface area contributed by atoms with Gasteiger partial charge in [-0.3, -0.25) is 0 Å². The van der Waals surface area contributed by atoms with Crippen molar-refractivity contribution in [2.24, 2.45) is 0 Å². The average Bonchev–Trinajstić information content (AvgIpc) is 3.40. The summed E-state index contributed by atoms with van der Waals surface area (Å²) in [5, 5.41) is 0. The van der Waals surface area contributed by atoms with Gasteiger partial charge in [-0.15, -0.1) is 0 Å². The monoisotopic (exact) mass is 934 g/mol. The first-order valence-corrected chi connectivity index (χ1v) is 25.2. The standard InChI is InChI=1S/C69H63N3/c1-67(2,3)61-40-34-55(35-41-61)49-16-10-46(11-17-49)52-22-28-58(29-23-52)64-70-65(59-30-24-53(25-31-59)47-12-18-50(19-13-47)56-36-42-62(43-37-56)68(4,5)6)72-66(71-64)60-32-26-54(27-33-60)48-14-20-51(21-15-48)57-38-44-63(45-39-57)69(7,8)9/h10-45H,1-9H3. The molecule has 0 unspecified atom stereocenters. The number of nitrogens with zero attached hydrogens (tertiary/aromatic N) is 3. The number of aromatic nitrogens is 3. The number of hydrogen-bond donors (Lipinski definition) is 0. The molecule has 0 saturated carbocycles. The van der Waals surface area contributed by atoms with E-state index in [4.69, 9.17) is 15.0 Å². The van der Waals surface area contributed by atoms with Gasteiger partial charge in [0.05, 0.1) is 0 Å². The molecule has 9 aromatic carbocycles. The van der Waals surface area contributed by atoms with Crippen molar-refractivity contribution in [2.45, 2.75) is 78.6 Å². The maximum atomic E-state index is 5.13. The third-order valence-electron chi connectivity index (χ3n) is 14.0. The summed E-state index contributed by atoms with van der Waals surface area (Å²) in [5.74, 6) is 1.88. The van der Waals surface area contributed by atoms with Crippen LogP contribution in [0.5, 0.6) is 0 Å². The van der Waals surface area contributed by atoms with Gasteiger partial charge in [-0.2, -0.15) is 0 Å². The maximum Gasteiger partial charge on any atom is 0.164 e. The largest absolute Gasteiger partial charge is 0.208 e. The molecule has 1 heterocycles. The topological polar surface area (TPSA) is 38.7 Å². The van der Waals surface area contributed by atoms with Gasteiger partial charge in [-0.05, 0) is 99.7 Å². The Bertz CT molecular complexity index is 3050. The Hall–Kier alpha value is -8.01. The van der Waals surface area contributed by atoms with Crippen molar-refractivity contribution in [2.75, 3.05) is 0 Å². The highest BCUT2D eigenvalue weighted by Gasteiger charge is 2.17. The maximum absolute atomic E-state index is 5.13. The minimum absolute atomic E-state index is 0.125. The van der Waals surface area contributed by atoms with Crippen LogP contribution in [0.3, 0.4) is 0 Å². The fraction of sp³-hybridized carbons (Fsp3) is 0.174. The van der Waals surface area contributed by atoms with Gasteiger partial charge in [0, 0.05) is 16.7 Å². The summed E-state index contributed by atoms with van der Waals surface area (Å²) in [5.41, 5.74) is 21.3. The molecule has 3 heteroatoms. The molecule has 0 aliphatic heterocycles. The van der Waals surface area contributed by atoms with E-state index < -0.39 is 0 Å². The van der Waals surface area contributed by atoms with Crippen molar-refractivity contribution < 1.29 is 0 Å². The molecule has 0 radical (unpaired) electrons. The molecule has 10 rings (SSSR count). The molecule has 0 bridgehead atoms. The Morgan fingerprint density at radius 1 is 0.167 bits per heavy atom. The Morgan fingerprint density at radius 2 is 0.278 bits per heavy atom. The molecule has 1 aromatic heterocycles. The van der Waals surface area contributed by atoms with Crippen LogP contribution in [0.1, 0.15) is 79.0 Å². The zero-order valence-corrected chi connectivity index (χ0v) is 43.1. The van der Waals surface area contributed by atoms with Crippen molar-refractivity contribution >= 4 is 0 Å². The van der Waals surface area contributed by atoms with E-state index in [9.17, 15) is 0 Å². The van der Waals surface area contributed by atoms with Gasteiger partial charge >= 0.3 is 0 Å². The van der Waals surface area contributed by atoms with Crippen LogP contribution < -0.4 is 0 Å². The van der Waals surface area contributed by atoms with Gasteiger partial charge in [0.15, 0.2) is 17.5 Å². The molecular formula is C69H63N3. The lowest BCUT2D eigenvalue weighted by Gasteiger charge is -2.19. The fourth-order valence-corrected chi connectivity index (χ4v) is 9.25. The second kappa shape index (κ2) is 19.3. The zero-order valence-electron chi connectivity index (χ0n) is 43.1. The molecule has 0 aliphatic rings. The lowest BCUT2D eigenvalue weighted by Crippen LogP contribution is -2.10. The first-order valence-electron chi connectivity index (χ1n) is 25.2. The minimum Gasteiger partial charge on any atom is -0.208 e. The Morgan fingerprint density at radius 3 is 0.403 bits per heavy atom. The van der Waals surface area contributed by atoms with E-state index >= 15 is 0 Å². The predicted molar refractivity (Wildman–Crippen MR) is 305 cm³/mol. The summed E-state index contributed by atoms with van der Waals surface area (Å²) in [6, 6.07) is 78.9. The third kappa shape index (κ3) is 10.5. The molecule has 10 aromatic rings. The highest BCUT2D eigenvalue weighted by Crippen LogP contribution is 2.34. The van der Waals surface area contributed by atoms with Crippen molar-refractivity contribution in [1.29, 1.82) is 0 Å². The first-order chi connectivity index (χ1) is 34.5. The van der Waals surface area contributed by atoms with Crippen LogP contribution in [0.4, 0.5) is 0 Å². The molecule has 0 saturated heterocycles. The fourth-order valence-electron chi connectivity index (χ4n) is 9.25. The Labute approximate surface area is 427 Å². The summed E-state index contributed by atoms with van der Waals surface area (Å²) in [4.78, 5) is 15.4. The van der Waals surface area contributed by atoms with Gasteiger partial charge in [0.1, 0.15) is 0 Å². The molecule has 3 nitrogen and oxygen atoms in total. The van der Waals surface area contributed by atoms with Gasteiger partial charge < -0.3 is 0 Å². The number of rotatable bonds is 9. The molecule has 0 aliphatic carbocycles. The van der Waals surface area contributed by atoms with E-state index in [1.807, 2.05) is 0 Å². The first kappa shape index (κ1) is 47.7. The van der Waals surface area contributed by atoms with Crippen molar-refractivity contribution in [1.82, 2.24) is 15.0 Å². The van der Waals surface area contributed by atoms with Crippen LogP contribution >= 0.6 is 0 Å². The van der Waals surface area contributed by atoms with Crippen molar-refractivity contribution in [3.05, 3.63) is 235 Å². The van der Waals surface area contributed by atoms with E-state index in [-0.39, 0.29) is 16.2 Å². The predicted octanol–water partition coefficient (Wildman–Crippen LogP) is 18.8. The molecule has 0 spiro atoms. The third-order valence-corrected chi connectivity index (χ3v) is 14.0. The highest BCUT2D eigenvalue weighted by molar-refractivity contribution is 5.77. The lowest BCUT2D eigenvalue weighted by molar-refractivity contribution is 0.590. The molecule has 0 N–H and O–H groups in total. The lowest BCUT2D eigenvalue weighted by atomic mass is 9.86.